The van der Waals surface area contributed by atoms with Crippen molar-refractivity contribution in [3.63, 3.8) is 0 Å². The average Bonchev–Trinajstić information content (AvgIpc) is 3.12. The standard InChI is InChI=1S/C35H33F9N4O7/c1-18(2)26(28(49)34(39,40)41)46-30(51)27(21-11-13-24(54-3)14-12-21)47-29(50)25(15-19-7-9-20(17-45)10-8-19)48(55-32(53)35(42,43)44)31(52)22-5-4-6-23(16-22)33(36,37)38/h4-14,16,18,25-27H,15,17,45H2,1-3H3,(H,46,51)(H,47,50)/t25-,26-,27-/m0/s1. The number of rotatable bonds is 13. The number of carbonyl (C=O) groups is 5. The number of hydrogen-bond donors (Lipinski definition) is 3. The van der Waals surface area contributed by atoms with Crippen LogP contribution in [0.2, 0.25) is 0 Å². The second-order valence-electron chi connectivity index (χ2n) is 12.1. The largest absolute Gasteiger partial charge is 0.497 e. The molecule has 0 saturated carbocycles. The van der Waals surface area contributed by atoms with Gasteiger partial charge in [0.15, 0.2) is 6.04 Å². The number of nitrogens with one attached hydrogen (secondary N) is 2. The number of alkyl halides is 9. The maximum atomic E-state index is 14.2. The van der Waals surface area contributed by atoms with E-state index in [9.17, 15) is 63.5 Å². The van der Waals surface area contributed by atoms with Crippen LogP contribution in [-0.4, -0.2) is 66.1 Å². The number of Topliss-reactive ketones (excluding diaryl/α,β-unsaturated/α-hetero) is 1. The molecule has 4 N–H and O–H groups in total. The van der Waals surface area contributed by atoms with Crippen LogP contribution in [-0.2, 0) is 43.2 Å². The summed E-state index contributed by atoms with van der Waals surface area (Å²) < 4.78 is 127. The fourth-order valence-electron chi connectivity index (χ4n) is 4.94. The Morgan fingerprint density at radius 2 is 1.35 bits per heavy atom. The van der Waals surface area contributed by atoms with Crippen molar-refractivity contribution in [2.45, 2.75) is 63.5 Å². The number of hydroxylamine groups is 2. The Kier molecular flexibility index (Phi) is 14.0. The Morgan fingerprint density at radius 1 is 0.764 bits per heavy atom. The minimum Gasteiger partial charge on any atom is -0.497 e. The zero-order valence-electron chi connectivity index (χ0n) is 28.9. The van der Waals surface area contributed by atoms with Gasteiger partial charge in [0.1, 0.15) is 11.8 Å². The fourth-order valence-corrected chi connectivity index (χ4v) is 4.94. The normalized spacial score (nSPS) is 13.6. The fraction of sp³-hybridized carbons (Fsp3) is 0.343. The van der Waals surface area contributed by atoms with Crippen LogP contribution >= 0.6 is 0 Å². The Hall–Kier alpha value is -5.66. The van der Waals surface area contributed by atoms with Crippen molar-refractivity contribution in [3.8, 4) is 5.75 Å². The number of benzene rings is 3. The van der Waals surface area contributed by atoms with E-state index >= 15 is 0 Å². The van der Waals surface area contributed by atoms with Crippen molar-refractivity contribution in [2.24, 2.45) is 11.7 Å². The lowest BCUT2D eigenvalue weighted by atomic mass is 9.97. The minimum atomic E-state index is -5.82. The van der Waals surface area contributed by atoms with E-state index in [-0.39, 0.29) is 29.5 Å². The van der Waals surface area contributed by atoms with Crippen LogP contribution < -0.4 is 21.1 Å². The highest BCUT2D eigenvalue weighted by Gasteiger charge is 2.48. The van der Waals surface area contributed by atoms with Crippen LogP contribution in [0.3, 0.4) is 0 Å². The van der Waals surface area contributed by atoms with Gasteiger partial charge < -0.3 is 25.9 Å². The van der Waals surface area contributed by atoms with Crippen molar-refractivity contribution in [1.82, 2.24) is 15.7 Å². The molecule has 3 atom stereocenters. The number of methoxy groups -OCH3 is 1. The molecule has 298 valence electrons. The quantitative estimate of drug-likeness (QED) is 0.154. The van der Waals surface area contributed by atoms with Crippen molar-refractivity contribution in [1.29, 1.82) is 0 Å². The predicted octanol–water partition coefficient (Wildman–Crippen LogP) is 5.38. The third-order valence-corrected chi connectivity index (χ3v) is 7.85. The van der Waals surface area contributed by atoms with Crippen LogP contribution in [0.5, 0.6) is 5.75 Å². The summed E-state index contributed by atoms with van der Waals surface area (Å²) >= 11 is 0. The van der Waals surface area contributed by atoms with Crippen LogP contribution in [0.15, 0.2) is 72.8 Å². The molecule has 0 aromatic heterocycles. The van der Waals surface area contributed by atoms with Gasteiger partial charge in [0.2, 0.25) is 11.8 Å². The Morgan fingerprint density at radius 3 is 1.84 bits per heavy atom. The number of halogens is 9. The maximum absolute atomic E-state index is 14.2. The van der Waals surface area contributed by atoms with E-state index in [0.29, 0.717) is 11.6 Å². The number of amides is 3. The van der Waals surface area contributed by atoms with E-state index in [0.717, 1.165) is 24.3 Å². The number of nitrogens with zero attached hydrogens (tertiary/aromatic N) is 1. The minimum absolute atomic E-state index is 0.0143. The second-order valence-corrected chi connectivity index (χ2v) is 12.1. The molecule has 11 nitrogen and oxygen atoms in total. The molecule has 0 heterocycles. The molecule has 0 aliphatic heterocycles. The summed E-state index contributed by atoms with van der Waals surface area (Å²) in [4.78, 5) is 70.4. The molecule has 3 aromatic rings. The number of ketones is 1. The first-order chi connectivity index (χ1) is 25.5. The summed E-state index contributed by atoms with van der Waals surface area (Å²) in [6.07, 6.45) is -17.1. The Bertz CT molecular complexity index is 1850. The maximum Gasteiger partial charge on any atom is 0.493 e. The molecule has 0 fully saturated rings. The predicted molar refractivity (Wildman–Crippen MR) is 173 cm³/mol. The zero-order valence-corrected chi connectivity index (χ0v) is 28.9. The smallest absolute Gasteiger partial charge is 0.493 e. The van der Waals surface area contributed by atoms with E-state index < -0.39 is 94.7 Å². The van der Waals surface area contributed by atoms with Gasteiger partial charge in [-0.15, -0.1) is 0 Å². The van der Waals surface area contributed by atoms with Crippen LogP contribution in [0, 0.1) is 5.92 Å². The molecule has 3 rings (SSSR count). The summed E-state index contributed by atoms with van der Waals surface area (Å²) in [5, 5.41) is 3.63. The van der Waals surface area contributed by atoms with Crippen LogP contribution in [0.25, 0.3) is 0 Å². The lowest BCUT2D eigenvalue weighted by Gasteiger charge is -2.31. The first-order valence-electron chi connectivity index (χ1n) is 15.9. The monoisotopic (exact) mass is 792 g/mol. The summed E-state index contributed by atoms with van der Waals surface area (Å²) in [5.41, 5.74) is 3.56. The van der Waals surface area contributed by atoms with Crippen molar-refractivity contribution in [3.05, 3.63) is 101 Å². The molecular weight excluding hydrogens is 759 g/mol. The highest BCUT2D eigenvalue weighted by molar-refractivity contribution is 6.00. The van der Waals surface area contributed by atoms with Gasteiger partial charge in [-0.3, -0.25) is 19.2 Å². The molecule has 0 saturated heterocycles. The topological polar surface area (TPSA) is 157 Å². The summed E-state index contributed by atoms with van der Waals surface area (Å²) in [6.45, 7) is 2.36. The van der Waals surface area contributed by atoms with Crippen LogP contribution in [0.4, 0.5) is 39.5 Å². The van der Waals surface area contributed by atoms with Crippen molar-refractivity contribution >= 4 is 29.5 Å². The van der Waals surface area contributed by atoms with E-state index in [4.69, 9.17) is 10.5 Å². The highest BCUT2D eigenvalue weighted by Crippen LogP contribution is 2.31. The Labute approximate surface area is 306 Å². The molecule has 0 spiro atoms. The van der Waals surface area contributed by atoms with Crippen molar-refractivity contribution in [2.75, 3.05) is 7.11 Å². The summed E-state index contributed by atoms with van der Waals surface area (Å²) in [5.74, 6) is -11.3. The molecule has 0 unspecified atom stereocenters. The molecule has 0 bridgehead atoms. The van der Waals surface area contributed by atoms with Gasteiger partial charge in [0, 0.05) is 18.5 Å². The first-order valence-corrected chi connectivity index (χ1v) is 15.9. The summed E-state index contributed by atoms with van der Waals surface area (Å²) in [7, 11) is 1.26. The molecule has 0 aliphatic rings. The molecule has 55 heavy (non-hydrogen) atoms. The molecule has 3 amide bonds. The number of ether oxygens (including phenoxy) is 1. The van der Waals surface area contributed by atoms with Gasteiger partial charge in [-0.25, -0.2) is 4.79 Å². The number of carbonyl (C=O) groups excluding carboxylic acids is 5. The highest BCUT2D eigenvalue weighted by atomic mass is 19.4. The van der Waals surface area contributed by atoms with Gasteiger partial charge in [0.25, 0.3) is 11.7 Å². The number of hydrogen-bond acceptors (Lipinski definition) is 8. The third kappa shape index (κ3) is 11.7. The SMILES string of the molecule is COc1ccc([C@H](NC(=O)[C@H](Cc2ccc(CN)cc2)N(OC(=O)C(F)(F)F)C(=O)c2cccc(C(F)(F)F)c2)C(=O)N[C@H](C(=O)C(F)(F)F)C(C)C)cc1. The molecule has 20 heteroatoms. The van der Waals surface area contributed by atoms with Gasteiger partial charge in [-0.1, -0.05) is 56.3 Å². The first kappa shape index (κ1) is 43.7. The van der Waals surface area contributed by atoms with Gasteiger partial charge in [-0.05, 0) is 52.9 Å². The molecule has 0 aliphatic carbocycles. The second kappa shape index (κ2) is 17.7. The van der Waals surface area contributed by atoms with E-state index in [1.54, 1.807) is 0 Å². The zero-order chi connectivity index (χ0) is 41.5. The Balaban J connectivity index is 2.22. The third-order valence-electron chi connectivity index (χ3n) is 7.85. The van der Waals surface area contributed by atoms with E-state index in [1.807, 2.05) is 5.32 Å². The van der Waals surface area contributed by atoms with E-state index in [1.165, 1.54) is 57.4 Å². The van der Waals surface area contributed by atoms with E-state index in [2.05, 4.69) is 10.2 Å². The molecule has 3 aromatic carbocycles. The lowest BCUT2D eigenvalue weighted by Crippen LogP contribution is -2.56. The summed E-state index contributed by atoms with van der Waals surface area (Å²) in [6, 6.07) is 5.82. The number of nitrogens with two attached hydrogens (primary N) is 1. The van der Waals surface area contributed by atoms with Gasteiger partial charge in [0.05, 0.1) is 18.7 Å². The molecule has 0 radical (unpaired) electrons. The van der Waals surface area contributed by atoms with Crippen LogP contribution in [0.1, 0.15) is 52.5 Å². The van der Waals surface area contributed by atoms with Gasteiger partial charge in [-0.2, -0.15) is 44.6 Å². The average molecular weight is 793 g/mol. The van der Waals surface area contributed by atoms with Crippen molar-refractivity contribution < 1.29 is 73.1 Å². The lowest BCUT2D eigenvalue weighted by molar-refractivity contribution is -0.233. The van der Waals surface area contributed by atoms with Gasteiger partial charge >= 0.3 is 24.5 Å². The molecular formula is C35H33F9N4O7.